The first-order chi connectivity index (χ1) is 11.4. The predicted octanol–water partition coefficient (Wildman–Crippen LogP) is 2.49. The molecule has 0 saturated heterocycles. The van der Waals surface area contributed by atoms with Crippen LogP contribution in [0, 0.1) is 0 Å². The molecule has 0 atom stereocenters. The van der Waals surface area contributed by atoms with E-state index in [9.17, 15) is 13.2 Å². The van der Waals surface area contributed by atoms with Crippen LogP contribution in [0.2, 0.25) is 5.15 Å². The molecule has 3 rings (SSSR count). The maximum atomic E-state index is 12.3. The number of rotatable bonds is 4. The Hall–Kier alpha value is -2.38. The van der Waals surface area contributed by atoms with Crippen molar-refractivity contribution >= 4 is 38.4 Å². The van der Waals surface area contributed by atoms with E-state index in [-0.39, 0.29) is 16.6 Å². The molecule has 0 aliphatic heterocycles. The number of hydrogen-bond acceptors (Lipinski definition) is 4. The largest absolute Gasteiger partial charge is 0.340 e. The highest BCUT2D eigenvalue weighted by molar-refractivity contribution is 7.89. The summed E-state index contributed by atoms with van der Waals surface area (Å²) < 4.78 is 28.1. The summed E-state index contributed by atoms with van der Waals surface area (Å²) in [6, 6.07) is 12.1. The van der Waals surface area contributed by atoms with Crippen molar-refractivity contribution in [2.24, 2.45) is 7.05 Å². The first-order valence-corrected chi connectivity index (χ1v) is 9.08. The number of carbonyl (C=O) groups is 1. The normalized spacial score (nSPS) is 11.6. The maximum Gasteiger partial charge on any atom is 0.281 e. The molecular weight excluding hydrogens is 350 g/mol. The van der Waals surface area contributed by atoms with Crippen LogP contribution in [0.3, 0.4) is 0 Å². The summed E-state index contributed by atoms with van der Waals surface area (Å²) in [6.07, 6.45) is 1.36. The topological polar surface area (TPSA) is 81.1 Å². The molecule has 1 amide bonds. The molecule has 2 heterocycles. The molecule has 0 aliphatic rings. The van der Waals surface area contributed by atoms with Crippen LogP contribution < -0.4 is 4.72 Å². The number of hydrogen-bond donors (Lipinski definition) is 1. The highest BCUT2D eigenvalue weighted by Crippen LogP contribution is 2.18. The second-order valence-electron chi connectivity index (χ2n) is 5.33. The third-order valence-electron chi connectivity index (χ3n) is 3.58. The number of aryl methyl sites for hydroxylation is 1. The smallest absolute Gasteiger partial charge is 0.281 e. The Morgan fingerprint density at radius 3 is 2.67 bits per heavy atom. The highest BCUT2D eigenvalue weighted by Gasteiger charge is 2.20. The molecule has 0 fully saturated rings. The monoisotopic (exact) mass is 363 g/mol. The summed E-state index contributed by atoms with van der Waals surface area (Å²) in [5.41, 5.74) is 1.56. The minimum atomic E-state index is -3.85. The van der Waals surface area contributed by atoms with E-state index in [0.29, 0.717) is 5.56 Å². The van der Waals surface area contributed by atoms with Gasteiger partial charge in [-0.25, -0.2) is 18.1 Å². The van der Waals surface area contributed by atoms with Gasteiger partial charge in [-0.15, -0.1) is 0 Å². The fourth-order valence-corrected chi connectivity index (χ4v) is 3.63. The number of para-hydroxylation sites is 1. The van der Waals surface area contributed by atoms with E-state index in [1.54, 1.807) is 23.7 Å². The van der Waals surface area contributed by atoms with Crippen LogP contribution in [0.15, 0.2) is 48.7 Å². The summed E-state index contributed by atoms with van der Waals surface area (Å²) in [5.74, 6) is -1.03. The van der Waals surface area contributed by atoms with Gasteiger partial charge in [-0.3, -0.25) is 4.79 Å². The second-order valence-corrected chi connectivity index (χ2v) is 7.44. The van der Waals surface area contributed by atoms with Gasteiger partial charge in [0.25, 0.3) is 5.91 Å². The minimum Gasteiger partial charge on any atom is -0.340 e. The Morgan fingerprint density at radius 1 is 1.25 bits per heavy atom. The number of halogens is 1. The van der Waals surface area contributed by atoms with Crippen LogP contribution in [-0.4, -0.2) is 23.9 Å². The van der Waals surface area contributed by atoms with Gasteiger partial charge >= 0.3 is 0 Å². The Morgan fingerprint density at radius 2 is 2.00 bits per heavy atom. The average molecular weight is 364 g/mol. The van der Waals surface area contributed by atoms with Crippen molar-refractivity contribution in [2.75, 3.05) is 0 Å². The zero-order valence-electron chi connectivity index (χ0n) is 12.7. The standard InChI is InChI=1S/C16H14ClN3O3S/c1-20-13-5-3-2-4-12(13)8-14(20)16(21)19-24(22,23)10-11-6-7-15(17)18-9-11/h2-9H,10H2,1H3,(H,19,21). The van der Waals surface area contributed by atoms with Crippen molar-refractivity contribution in [3.63, 3.8) is 0 Å². The van der Waals surface area contributed by atoms with Gasteiger partial charge in [0.05, 0.1) is 5.75 Å². The number of fused-ring (bicyclic) bond motifs is 1. The van der Waals surface area contributed by atoms with Crippen LogP contribution in [0.25, 0.3) is 10.9 Å². The summed E-state index contributed by atoms with van der Waals surface area (Å²) in [5, 5.41) is 1.14. The molecule has 0 saturated carbocycles. The number of pyridine rings is 1. The lowest BCUT2D eigenvalue weighted by molar-refractivity contribution is 0.0974. The number of amides is 1. The molecule has 3 aromatic rings. The third kappa shape index (κ3) is 3.42. The van der Waals surface area contributed by atoms with E-state index >= 15 is 0 Å². The molecule has 6 nitrogen and oxygen atoms in total. The first-order valence-electron chi connectivity index (χ1n) is 7.05. The minimum absolute atomic E-state index is 0.272. The van der Waals surface area contributed by atoms with Gasteiger partial charge in [0, 0.05) is 24.1 Å². The van der Waals surface area contributed by atoms with Crippen molar-refractivity contribution < 1.29 is 13.2 Å². The molecule has 8 heteroatoms. The van der Waals surface area contributed by atoms with Crippen molar-refractivity contribution in [3.05, 3.63) is 65.1 Å². The van der Waals surface area contributed by atoms with Crippen molar-refractivity contribution in [1.82, 2.24) is 14.3 Å². The van der Waals surface area contributed by atoms with Crippen LogP contribution >= 0.6 is 11.6 Å². The first kappa shape index (κ1) is 16.5. The zero-order valence-corrected chi connectivity index (χ0v) is 14.3. The van der Waals surface area contributed by atoms with E-state index in [1.165, 1.54) is 12.3 Å². The lowest BCUT2D eigenvalue weighted by atomic mass is 10.2. The Labute approximate surface area is 144 Å². The zero-order chi connectivity index (χ0) is 17.3. The van der Waals surface area contributed by atoms with Crippen molar-refractivity contribution in [3.8, 4) is 0 Å². The maximum absolute atomic E-state index is 12.3. The lowest BCUT2D eigenvalue weighted by Crippen LogP contribution is -2.32. The van der Waals surface area contributed by atoms with E-state index in [0.717, 1.165) is 10.9 Å². The Balaban J connectivity index is 1.82. The molecule has 2 aromatic heterocycles. The lowest BCUT2D eigenvalue weighted by Gasteiger charge is -2.08. The van der Waals surface area contributed by atoms with E-state index in [1.807, 2.05) is 24.3 Å². The summed E-state index contributed by atoms with van der Waals surface area (Å²) in [4.78, 5) is 16.2. The molecule has 1 N–H and O–H groups in total. The average Bonchev–Trinajstić information content (AvgIpc) is 2.87. The highest BCUT2D eigenvalue weighted by atomic mass is 35.5. The number of sulfonamides is 1. The number of nitrogens with one attached hydrogen (secondary N) is 1. The van der Waals surface area contributed by atoms with Crippen LogP contribution in [0.4, 0.5) is 0 Å². The number of carbonyl (C=O) groups excluding carboxylic acids is 1. The number of benzene rings is 1. The molecule has 0 spiro atoms. The van der Waals surface area contributed by atoms with Crippen molar-refractivity contribution in [2.45, 2.75) is 5.75 Å². The summed E-state index contributed by atoms with van der Waals surface area (Å²) >= 11 is 5.67. The van der Waals surface area contributed by atoms with Gasteiger partial charge in [-0.05, 0) is 23.8 Å². The fraction of sp³-hybridized carbons (Fsp3) is 0.125. The van der Waals surface area contributed by atoms with Crippen molar-refractivity contribution in [1.29, 1.82) is 0 Å². The molecule has 24 heavy (non-hydrogen) atoms. The number of aromatic nitrogens is 2. The summed E-state index contributed by atoms with van der Waals surface area (Å²) in [6.45, 7) is 0. The van der Waals surface area contributed by atoms with Gasteiger partial charge in [-0.1, -0.05) is 35.9 Å². The van der Waals surface area contributed by atoms with E-state index in [2.05, 4.69) is 9.71 Å². The SMILES string of the molecule is Cn1c(C(=O)NS(=O)(=O)Cc2ccc(Cl)nc2)cc2ccccc21. The van der Waals surface area contributed by atoms with Gasteiger partial charge in [0.1, 0.15) is 10.8 Å². The van der Waals surface area contributed by atoms with Gasteiger partial charge in [0.2, 0.25) is 10.0 Å². The third-order valence-corrected chi connectivity index (χ3v) is 5.01. The molecule has 1 aromatic carbocycles. The molecular formula is C16H14ClN3O3S. The van der Waals surface area contributed by atoms with Gasteiger partial charge < -0.3 is 4.57 Å². The van der Waals surface area contributed by atoms with Crippen LogP contribution in [0.1, 0.15) is 16.1 Å². The molecule has 0 unspecified atom stereocenters. The van der Waals surface area contributed by atoms with E-state index < -0.39 is 15.9 Å². The molecule has 0 radical (unpaired) electrons. The Bertz CT molecular complexity index is 1010. The van der Waals surface area contributed by atoms with E-state index in [4.69, 9.17) is 11.6 Å². The fourth-order valence-electron chi connectivity index (χ4n) is 2.45. The van der Waals surface area contributed by atoms with Gasteiger partial charge in [-0.2, -0.15) is 0 Å². The summed E-state index contributed by atoms with van der Waals surface area (Å²) in [7, 11) is -2.13. The van der Waals surface area contributed by atoms with Crippen LogP contribution in [-0.2, 0) is 22.8 Å². The number of nitrogens with zero attached hydrogens (tertiary/aromatic N) is 2. The Kier molecular flexibility index (Phi) is 4.29. The van der Waals surface area contributed by atoms with Crippen LogP contribution in [0.5, 0.6) is 0 Å². The molecule has 0 aliphatic carbocycles. The molecule has 0 bridgehead atoms. The molecule has 124 valence electrons. The quantitative estimate of drug-likeness (QED) is 0.722. The van der Waals surface area contributed by atoms with Gasteiger partial charge in [0.15, 0.2) is 0 Å². The second kappa shape index (κ2) is 6.26. The predicted molar refractivity (Wildman–Crippen MR) is 92.3 cm³/mol.